The number of rotatable bonds is 3. The van der Waals surface area contributed by atoms with Crippen LogP contribution in [-0.2, 0) is 6.54 Å². The second kappa shape index (κ2) is 3.28. The van der Waals surface area contributed by atoms with E-state index in [2.05, 4.69) is 14.9 Å². The van der Waals surface area contributed by atoms with Gasteiger partial charge in [0.15, 0.2) is 0 Å². The van der Waals surface area contributed by atoms with Crippen molar-refractivity contribution in [3.63, 3.8) is 0 Å². The highest BCUT2D eigenvalue weighted by molar-refractivity contribution is 7.05. The Balaban J connectivity index is 1.56. The Hall–Kier alpha value is -0.480. The zero-order valence-corrected chi connectivity index (χ0v) is 9.18. The van der Waals surface area contributed by atoms with E-state index in [1.165, 1.54) is 35.7 Å². The SMILES string of the molecule is Cc1nnsc1CNC1CC[C@@H]2C[C@H]12. The molecule has 1 N–H and O–H groups in total. The predicted octanol–water partition coefficient (Wildman–Crippen LogP) is 1.73. The molecule has 0 saturated heterocycles. The van der Waals surface area contributed by atoms with Crippen molar-refractivity contribution < 1.29 is 0 Å². The summed E-state index contributed by atoms with van der Waals surface area (Å²) >= 11 is 1.52. The summed E-state index contributed by atoms with van der Waals surface area (Å²) in [5.74, 6) is 2.06. The summed E-state index contributed by atoms with van der Waals surface area (Å²) in [4.78, 5) is 1.30. The molecule has 0 aliphatic heterocycles. The number of aryl methyl sites for hydroxylation is 1. The van der Waals surface area contributed by atoms with Crippen molar-refractivity contribution in [1.29, 1.82) is 0 Å². The van der Waals surface area contributed by atoms with Gasteiger partial charge in [0.1, 0.15) is 0 Å². The van der Waals surface area contributed by atoms with E-state index in [4.69, 9.17) is 0 Å². The van der Waals surface area contributed by atoms with E-state index in [1.54, 1.807) is 0 Å². The Morgan fingerprint density at radius 1 is 1.50 bits per heavy atom. The van der Waals surface area contributed by atoms with Crippen LogP contribution < -0.4 is 5.32 Å². The molecular formula is C10H15N3S. The second-order valence-corrected chi connectivity index (χ2v) is 5.34. The maximum atomic E-state index is 4.02. The first-order valence-corrected chi connectivity index (χ1v) is 6.13. The molecule has 1 aromatic rings. The number of fused-ring (bicyclic) bond motifs is 1. The molecule has 2 aliphatic carbocycles. The molecule has 14 heavy (non-hydrogen) atoms. The van der Waals surface area contributed by atoms with Gasteiger partial charge in [-0.05, 0) is 49.6 Å². The fourth-order valence-electron chi connectivity index (χ4n) is 2.59. The topological polar surface area (TPSA) is 37.8 Å². The lowest BCUT2D eigenvalue weighted by atomic mass is 10.2. The van der Waals surface area contributed by atoms with E-state index < -0.39 is 0 Å². The molecule has 4 heteroatoms. The minimum Gasteiger partial charge on any atom is -0.309 e. The van der Waals surface area contributed by atoms with Gasteiger partial charge in [-0.3, -0.25) is 0 Å². The summed E-state index contributed by atoms with van der Waals surface area (Å²) in [5, 5.41) is 7.67. The van der Waals surface area contributed by atoms with Gasteiger partial charge in [0, 0.05) is 12.6 Å². The van der Waals surface area contributed by atoms with Gasteiger partial charge >= 0.3 is 0 Å². The van der Waals surface area contributed by atoms with Gasteiger partial charge in [0.25, 0.3) is 0 Å². The van der Waals surface area contributed by atoms with Gasteiger partial charge < -0.3 is 5.32 Å². The summed E-state index contributed by atoms with van der Waals surface area (Å²) in [7, 11) is 0. The molecule has 76 valence electrons. The molecule has 1 heterocycles. The van der Waals surface area contributed by atoms with Crippen LogP contribution in [0.3, 0.4) is 0 Å². The number of hydrogen-bond acceptors (Lipinski definition) is 4. The number of nitrogens with one attached hydrogen (secondary N) is 1. The standard InChI is InChI=1S/C10H15N3S/c1-6-10(14-13-12-6)5-11-9-3-2-7-4-8(7)9/h7-9,11H,2-5H2,1H3/t7-,8+,9?/m1/s1. The molecule has 3 atom stereocenters. The van der Waals surface area contributed by atoms with Crippen molar-refractivity contribution in [2.45, 2.75) is 38.8 Å². The molecule has 2 fully saturated rings. The second-order valence-electron chi connectivity index (χ2n) is 4.51. The molecule has 1 aromatic heterocycles. The molecule has 2 saturated carbocycles. The Bertz CT molecular complexity index is 336. The van der Waals surface area contributed by atoms with E-state index >= 15 is 0 Å². The smallest absolute Gasteiger partial charge is 0.0769 e. The number of hydrogen-bond donors (Lipinski definition) is 1. The van der Waals surface area contributed by atoms with E-state index in [1.807, 2.05) is 6.92 Å². The fourth-order valence-corrected chi connectivity index (χ4v) is 3.18. The van der Waals surface area contributed by atoms with Crippen molar-refractivity contribution in [2.75, 3.05) is 0 Å². The molecule has 0 spiro atoms. The zero-order valence-electron chi connectivity index (χ0n) is 8.36. The number of aromatic nitrogens is 2. The lowest BCUT2D eigenvalue weighted by Crippen LogP contribution is -2.28. The van der Waals surface area contributed by atoms with Crippen LogP contribution in [0.5, 0.6) is 0 Å². The monoisotopic (exact) mass is 209 g/mol. The third kappa shape index (κ3) is 1.46. The summed E-state index contributed by atoms with van der Waals surface area (Å²) in [6, 6.07) is 0.779. The van der Waals surface area contributed by atoms with E-state index in [0.29, 0.717) is 0 Å². The highest BCUT2D eigenvalue weighted by atomic mass is 32.1. The largest absolute Gasteiger partial charge is 0.309 e. The lowest BCUT2D eigenvalue weighted by molar-refractivity contribution is 0.476. The average molecular weight is 209 g/mol. The average Bonchev–Trinajstić information content (AvgIpc) is 2.68. The molecule has 0 bridgehead atoms. The van der Waals surface area contributed by atoms with E-state index in [9.17, 15) is 0 Å². The van der Waals surface area contributed by atoms with Gasteiger partial charge in [0.2, 0.25) is 0 Å². The number of nitrogens with zero attached hydrogens (tertiary/aromatic N) is 2. The van der Waals surface area contributed by atoms with E-state index in [-0.39, 0.29) is 0 Å². The van der Waals surface area contributed by atoms with Crippen LogP contribution in [0.25, 0.3) is 0 Å². The summed E-state index contributed by atoms with van der Waals surface area (Å²) in [6.07, 6.45) is 4.29. The molecule has 0 radical (unpaired) electrons. The quantitative estimate of drug-likeness (QED) is 0.824. The molecule has 0 aromatic carbocycles. The Morgan fingerprint density at radius 3 is 3.00 bits per heavy atom. The maximum Gasteiger partial charge on any atom is 0.0769 e. The predicted molar refractivity (Wildman–Crippen MR) is 56.1 cm³/mol. The fraction of sp³-hybridized carbons (Fsp3) is 0.800. The van der Waals surface area contributed by atoms with Crippen molar-refractivity contribution >= 4 is 11.5 Å². The van der Waals surface area contributed by atoms with Crippen LogP contribution >= 0.6 is 11.5 Å². The Labute approximate surface area is 88.1 Å². The third-order valence-electron chi connectivity index (χ3n) is 3.61. The first-order chi connectivity index (χ1) is 6.84. The van der Waals surface area contributed by atoms with Crippen LogP contribution in [0, 0.1) is 18.8 Å². The Kier molecular flexibility index (Phi) is 2.06. The van der Waals surface area contributed by atoms with Crippen LogP contribution in [0.4, 0.5) is 0 Å². The highest BCUT2D eigenvalue weighted by Crippen LogP contribution is 2.51. The van der Waals surface area contributed by atoms with Crippen molar-refractivity contribution in [3.8, 4) is 0 Å². The van der Waals surface area contributed by atoms with Gasteiger partial charge in [-0.1, -0.05) is 4.49 Å². The van der Waals surface area contributed by atoms with Crippen LogP contribution in [0.15, 0.2) is 0 Å². The van der Waals surface area contributed by atoms with Crippen LogP contribution in [0.2, 0.25) is 0 Å². The molecule has 2 aliphatic rings. The first kappa shape index (κ1) is 8.80. The molecule has 3 rings (SSSR count). The normalized spacial score (nSPS) is 34.5. The van der Waals surface area contributed by atoms with Gasteiger partial charge in [-0.25, -0.2) is 0 Å². The van der Waals surface area contributed by atoms with Crippen LogP contribution in [0.1, 0.15) is 29.8 Å². The van der Waals surface area contributed by atoms with Crippen molar-refractivity contribution in [2.24, 2.45) is 11.8 Å². The highest BCUT2D eigenvalue weighted by Gasteiger charge is 2.47. The zero-order chi connectivity index (χ0) is 9.54. The maximum absolute atomic E-state index is 4.02. The summed E-state index contributed by atoms with van der Waals surface area (Å²) in [5.41, 5.74) is 1.09. The molecular weight excluding hydrogens is 194 g/mol. The summed E-state index contributed by atoms with van der Waals surface area (Å²) < 4.78 is 3.95. The third-order valence-corrected chi connectivity index (χ3v) is 4.44. The van der Waals surface area contributed by atoms with Crippen molar-refractivity contribution in [1.82, 2.24) is 14.9 Å². The minimum absolute atomic E-state index is 0.779. The summed E-state index contributed by atoms with van der Waals surface area (Å²) in [6.45, 7) is 3.01. The molecule has 1 unspecified atom stereocenters. The van der Waals surface area contributed by atoms with Gasteiger partial charge in [0.05, 0.1) is 10.6 Å². The molecule has 0 amide bonds. The van der Waals surface area contributed by atoms with Gasteiger partial charge in [-0.2, -0.15) is 0 Å². The lowest BCUT2D eigenvalue weighted by Gasteiger charge is -2.12. The molecule has 3 nitrogen and oxygen atoms in total. The Morgan fingerprint density at radius 2 is 2.43 bits per heavy atom. The van der Waals surface area contributed by atoms with Gasteiger partial charge in [-0.15, -0.1) is 5.10 Å². The van der Waals surface area contributed by atoms with Crippen LogP contribution in [-0.4, -0.2) is 15.6 Å². The van der Waals surface area contributed by atoms with E-state index in [0.717, 1.165) is 30.1 Å². The first-order valence-electron chi connectivity index (χ1n) is 5.36. The van der Waals surface area contributed by atoms with Crippen molar-refractivity contribution in [3.05, 3.63) is 10.6 Å². The minimum atomic E-state index is 0.779.